The Balaban J connectivity index is 1.75. The lowest BCUT2D eigenvalue weighted by Gasteiger charge is -2.24. The Hall–Kier alpha value is -3.02. The molecule has 3 N–H and O–H groups in total. The van der Waals surface area contributed by atoms with Gasteiger partial charge in [-0.15, -0.1) is 0 Å². The maximum Gasteiger partial charge on any atom is 0.339 e. The summed E-state index contributed by atoms with van der Waals surface area (Å²) in [7, 11) is 0. The maximum atomic E-state index is 12.6. The smallest absolute Gasteiger partial charge is 0.339 e. The number of aromatic carboxylic acids is 1. The first-order chi connectivity index (χ1) is 14.3. The number of carboxylic acid groups (broad SMARTS) is 1. The van der Waals surface area contributed by atoms with Gasteiger partial charge in [-0.1, -0.05) is 12.5 Å². The highest BCUT2D eigenvalue weighted by Gasteiger charge is 2.20. The number of carboxylic acids is 1. The molecule has 0 saturated heterocycles. The molecule has 30 heavy (non-hydrogen) atoms. The van der Waals surface area contributed by atoms with Crippen LogP contribution in [0.1, 0.15) is 64.7 Å². The van der Waals surface area contributed by atoms with Crippen molar-refractivity contribution in [1.29, 1.82) is 0 Å². The molecule has 0 aliphatic heterocycles. The van der Waals surface area contributed by atoms with Crippen molar-refractivity contribution in [1.82, 2.24) is 0 Å². The normalized spacial score (nSPS) is 14.3. The van der Waals surface area contributed by atoms with Crippen LogP contribution in [0.4, 0.5) is 16.2 Å². The number of hydrogen-bond acceptors (Lipinski definition) is 3. The molecule has 0 atom stereocenters. The molecule has 3 rings (SSSR count). The Morgan fingerprint density at radius 3 is 2.30 bits per heavy atom. The lowest BCUT2D eigenvalue weighted by Crippen LogP contribution is -2.22. The number of nitrogens with one attached hydrogen (secondary N) is 2. The molecule has 2 aromatic carbocycles. The van der Waals surface area contributed by atoms with Crippen LogP contribution in [0.5, 0.6) is 5.75 Å². The van der Waals surface area contributed by atoms with E-state index in [2.05, 4.69) is 10.6 Å². The van der Waals surface area contributed by atoms with Gasteiger partial charge >= 0.3 is 12.0 Å². The Labute approximate surface area is 177 Å². The van der Waals surface area contributed by atoms with E-state index in [9.17, 15) is 14.7 Å². The number of carbonyl (C=O) groups excluding carboxylic acids is 1. The van der Waals surface area contributed by atoms with E-state index in [4.69, 9.17) is 4.74 Å². The number of aryl methyl sites for hydroxylation is 2. The highest BCUT2D eigenvalue weighted by atomic mass is 16.5. The molecule has 2 aromatic rings. The summed E-state index contributed by atoms with van der Waals surface area (Å²) >= 11 is 0. The molecule has 6 heteroatoms. The highest BCUT2D eigenvalue weighted by Crippen LogP contribution is 2.29. The zero-order valence-corrected chi connectivity index (χ0v) is 18.1. The van der Waals surface area contributed by atoms with Gasteiger partial charge in [0, 0.05) is 11.4 Å². The van der Waals surface area contributed by atoms with Crippen LogP contribution in [-0.4, -0.2) is 23.2 Å². The van der Waals surface area contributed by atoms with E-state index in [0.717, 1.165) is 48.1 Å². The predicted molar refractivity (Wildman–Crippen MR) is 119 cm³/mol. The Kier molecular flexibility index (Phi) is 6.65. The average molecular weight is 411 g/mol. The zero-order valence-electron chi connectivity index (χ0n) is 18.1. The van der Waals surface area contributed by atoms with Crippen molar-refractivity contribution >= 4 is 23.4 Å². The lowest BCUT2D eigenvalue weighted by atomic mass is 9.97. The van der Waals surface area contributed by atoms with Crippen molar-refractivity contribution in [3.05, 3.63) is 52.1 Å². The summed E-state index contributed by atoms with van der Waals surface area (Å²) in [4.78, 5) is 24.3. The third-order valence-electron chi connectivity index (χ3n) is 5.91. The standard InChI is InChI=1S/C24H30N2O4/c1-14-12-15(2)22(17(4)16(14)3)26-24(29)25-18-10-11-21(20(13-18)23(27)28)30-19-8-6-5-7-9-19/h10-13,19H,5-9H2,1-4H3,(H,27,28)(H2,25,26,29). The van der Waals surface area contributed by atoms with Gasteiger partial charge in [0.1, 0.15) is 11.3 Å². The van der Waals surface area contributed by atoms with Crippen LogP contribution in [0.15, 0.2) is 24.3 Å². The molecule has 6 nitrogen and oxygen atoms in total. The minimum Gasteiger partial charge on any atom is -0.490 e. The quantitative estimate of drug-likeness (QED) is 0.566. The van der Waals surface area contributed by atoms with Gasteiger partial charge in [-0.3, -0.25) is 0 Å². The van der Waals surface area contributed by atoms with E-state index in [-0.39, 0.29) is 11.7 Å². The second-order valence-corrected chi connectivity index (χ2v) is 8.11. The van der Waals surface area contributed by atoms with Crippen molar-refractivity contribution in [3.63, 3.8) is 0 Å². The number of amides is 2. The first-order valence-corrected chi connectivity index (χ1v) is 10.5. The molecular weight excluding hydrogens is 380 g/mol. The molecule has 0 radical (unpaired) electrons. The van der Waals surface area contributed by atoms with Gasteiger partial charge in [-0.2, -0.15) is 0 Å². The molecule has 160 valence electrons. The largest absolute Gasteiger partial charge is 0.490 e. The summed E-state index contributed by atoms with van der Waals surface area (Å²) in [5, 5.41) is 15.2. The molecule has 0 heterocycles. The number of rotatable bonds is 5. The van der Waals surface area contributed by atoms with Gasteiger partial charge in [0.25, 0.3) is 0 Å². The highest BCUT2D eigenvalue weighted by molar-refractivity contribution is 6.02. The van der Waals surface area contributed by atoms with E-state index in [1.54, 1.807) is 12.1 Å². The first-order valence-electron chi connectivity index (χ1n) is 10.5. The fraction of sp³-hybridized carbons (Fsp3) is 0.417. The fourth-order valence-electron chi connectivity index (χ4n) is 3.99. The summed E-state index contributed by atoms with van der Waals surface area (Å²) in [6, 6.07) is 6.37. The van der Waals surface area contributed by atoms with Crippen LogP contribution in [0, 0.1) is 27.7 Å². The molecule has 0 bridgehead atoms. The molecule has 0 spiro atoms. The second-order valence-electron chi connectivity index (χ2n) is 8.11. The van der Waals surface area contributed by atoms with Crippen LogP contribution in [0.25, 0.3) is 0 Å². The maximum absolute atomic E-state index is 12.6. The summed E-state index contributed by atoms with van der Waals surface area (Å²) in [5.74, 6) is -0.730. The topological polar surface area (TPSA) is 87.7 Å². The Bertz CT molecular complexity index is 962. The number of carbonyl (C=O) groups is 2. The van der Waals surface area contributed by atoms with Gasteiger partial charge in [-0.25, -0.2) is 9.59 Å². The van der Waals surface area contributed by atoms with Crippen LogP contribution in [0.3, 0.4) is 0 Å². The summed E-state index contributed by atoms with van der Waals surface area (Å²) in [6.45, 7) is 8.00. The number of anilines is 2. The summed E-state index contributed by atoms with van der Waals surface area (Å²) in [6.07, 6.45) is 5.33. The minimum absolute atomic E-state index is 0.0506. The van der Waals surface area contributed by atoms with Gasteiger partial charge in [0.2, 0.25) is 0 Å². The van der Waals surface area contributed by atoms with Crippen molar-refractivity contribution in [2.75, 3.05) is 10.6 Å². The molecular formula is C24H30N2O4. The van der Waals surface area contributed by atoms with E-state index in [1.807, 2.05) is 33.8 Å². The molecule has 0 aromatic heterocycles. The first kappa shape index (κ1) is 21.7. The molecule has 1 saturated carbocycles. The lowest BCUT2D eigenvalue weighted by molar-refractivity contribution is 0.0686. The third-order valence-corrected chi connectivity index (χ3v) is 5.91. The number of hydrogen-bond donors (Lipinski definition) is 3. The summed E-state index contributed by atoms with van der Waals surface area (Å²) in [5.41, 5.74) is 5.53. The molecule has 2 amide bonds. The van der Waals surface area contributed by atoms with Crippen LogP contribution in [0.2, 0.25) is 0 Å². The van der Waals surface area contributed by atoms with Crippen LogP contribution < -0.4 is 15.4 Å². The van der Waals surface area contributed by atoms with Crippen molar-refractivity contribution in [3.8, 4) is 5.75 Å². The van der Waals surface area contributed by atoms with E-state index in [1.165, 1.54) is 18.1 Å². The summed E-state index contributed by atoms with van der Waals surface area (Å²) < 4.78 is 5.95. The SMILES string of the molecule is Cc1cc(C)c(NC(=O)Nc2ccc(OC3CCCCC3)c(C(=O)O)c2)c(C)c1C. The predicted octanol–water partition coefficient (Wildman–Crippen LogP) is 5.97. The zero-order chi connectivity index (χ0) is 21.8. The van der Waals surface area contributed by atoms with Crippen LogP contribution >= 0.6 is 0 Å². The van der Waals surface area contributed by atoms with Gasteiger partial charge in [0.05, 0.1) is 6.10 Å². The number of urea groups is 1. The number of benzene rings is 2. The minimum atomic E-state index is -1.08. The molecule has 1 aliphatic carbocycles. The Morgan fingerprint density at radius 2 is 1.63 bits per heavy atom. The van der Waals surface area contributed by atoms with E-state index >= 15 is 0 Å². The molecule has 1 fully saturated rings. The van der Waals surface area contributed by atoms with Gasteiger partial charge < -0.3 is 20.5 Å². The van der Waals surface area contributed by atoms with Crippen molar-refractivity contribution in [2.24, 2.45) is 0 Å². The molecule has 0 unspecified atom stereocenters. The van der Waals surface area contributed by atoms with E-state index < -0.39 is 12.0 Å². The van der Waals surface area contributed by atoms with Crippen molar-refractivity contribution < 1.29 is 19.4 Å². The van der Waals surface area contributed by atoms with Gasteiger partial charge in [-0.05, 0) is 93.8 Å². The fourth-order valence-corrected chi connectivity index (χ4v) is 3.99. The third kappa shape index (κ3) is 4.93. The van der Waals surface area contributed by atoms with E-state index in [0.29, 0.717) is 11.4 Å². The number of ether oxygens (including phenoxy) is 1. The molecule has 1 aliphatic rings. The Morgan fingerprint density at radius 1 is 0.933 bits per heavy atom. The van der Waals surface area contributed by atoms with Crippen molar-refractivity contribution in [2.45, 2.75) is 65.9 Å². The second kappa shape index (κ2) is 9.20. The monoisotopic (exact) mass is 410 g/mol. The van der Waals surface area contributed by atoms with Gasteiger partial charge in [0.15, 0.2) is 0 Å². The van der Waals surface area contributed by atoms with Crippen LogP contribution in [-0.2, 0) is 0 Å². The average Bonchev–Trinajstić information content (AvgIpc) is 2.71.